The third-order valence-corrected chi connectivity index (χ3v) is 0. The second-order valence-electron chi connectivity index (χ2n) is 0.513. The molecule has 0 unspecified atom stereocenters. The SMILES string of the molecule is O=P(O)(O)O.[H-].[H-].[H-].[K+].[K+].[K+]. The molecule has 0 amide bonds. The summed E-state index contributed by atoms with van der Waals surface area (Å²) in [7, 11) is -4.64. The van der Waals surface area contributed by atoms with E-state index in [9.17, 15) is 0 Å². The van der Waals surface area contributed by atoms with Gasteiger partial charge in [0.1, 0.15) is 0 Å². The second-order valence-corrected chi connectivity index (χ2v) is 1.54. The molecule has 0 spiro atoms. The van der Waals surface area contributed by atoms with E-state index in [0.717, 1.165) is 0 Å². The molecule has 0 bridgehead atoms. The third kappa shape index (κ3) is 43.9. The summed E-state index contributed by atoms with van der Waals surface area (Å²) in [5, 5.41) is 0. The second kappa shape index (κ2) is 12.0. The van der Waals surface area contributed by atoms with Crippen LogP contribution in [0.1, 0.15) is 4.28 Å². The minimum atomic E-state index is -4.64. The summed E-state index contributed by atoms with van der Waals surface area (Å²) in [6.45, 7) is 0. The van der Waals surface area contributed by atoms with E-state index in [0.29, 0.717) is 0 Å². The Bertz CT molecular complexity index is 66.7. The van der Waals surface area contributed by atoms with Gasteiger partial charge in [-0.25, -0.2) is 4.57 Å². The van der Waals surface area contributed by atoms with Crippen molar-refractivity contribution in [2.24, 2.45) is 0 Å². The summed E-state index contributed by atoms with van der Waals surface area (Å²) in [6.07, 6.45) is 0. The molecule has 0 saturated carbocycles. The molecule has 0 atom stereocenters. The monoisotopic (exact) mass is 218 g/mol. The molecule has 0 radical (unpaired) electrons. The van der Waals surface area contributed by atoms with Crippen molar-refractivity contribution in [1.82, 2.24) is 0 Å². The fourth-order valence-electron chi connectivity index (χ4n) is 0. The van der Waals surface area contributed by atoms with Crippen LogP contribution in [0, 0.1) is 0 Å². The molecule has 0 heterocycles. The zero-order valence-electron chi connectivity index (χ0n) is 8.20. The first-order valence-electron chi connectivity index (χ1n) is 0.783. The van der Waals surface area contributed by atoms with Gasteiger partial charge in [0.05, 0.1) is 0 Å². The van der Waals surface area contributed by atoms with Crippen LogP contribution in [0.15, 0.2) is 0 Å². The van der Waals surface area contributed by atoms with Gasteiger partial charge in [0.15, 0.2) is 0 Å². The molecule has 0 aromatic heterocycles. The Hall–Kier alpha value is 5.02. The molecular formula is H6K3O4P. The number of hydrogen-bond donors (Lipinski definition) is 3. The van der Waals surface area contributed by atoms with E-state index < -0.39 is 7.82 Å². The molecular weight excluding hydrogens is 212 g/mol. The van der Waals surface area contributed by atoms with Crippen LogP contribution in [0.3, 0.4) is 0 Å². The molecule has 0 saturated heterocycles. The molecule has 0 aliphatic rings. The van der Waals surface area contributed by atoms with Crippen molar-refractivity contribution in [3.8, 4) is 0 Å². The predicted octanol–water partition coefficient (Wildman–Crippen LogP) is -9.58. The number of hydrogen-bond acceptors (Lipinski definition) is 1. The molecule has 0 aromatic carbocycles. The van der Waals surface area contributed by atoms with Crippen molar-refractivity contribution >= 4 is 7.82 Å². The average molecular weight is 218 g/mol. The fourth-order valence-corrected chi connectivity index (χ4v) is 0. The Kier molecular flexibility index (Phi) is 34.7. The molecule has 0 aromatic rings. The van der Waals surface area contributed by atoms with E-state index in [1.54, 1.807) is 0 Å². The zero-order valence-corrected chi connectivity index (χ0v) is 15.5. The van der Waals surface area contributed by atoms with E-state index in [4.69, 9.17) is 19.2 Å². The van der Waals surface area contributed by atoms with Crippen LogP contribution in [0.5, 0.6) is 0 Å². The molecule has 0 aliphatic heterocycles. The summed E-state index contributed by atoms with van der Waals surface area (Å²) in [5.41, 5.74) is 0. The molecule has 4 nitrogen and oxygen atoms in total. The van der Waals surface area contributed by atoms with Gasteiger partial charge in [-0.1, -0.05) is 0 Å². The minimum absolute atomic E-state index is 0. The molecule has 0 aliphatic carbocycles. The first kappa shape index (κ1) is 23.1. The Morgan fingerprint density at radius 1 is 1.00 bits per heavy atom. The standard InChI is InChI=1S/3K.H3O4P.3H/c;;;1-5(2,3)4;;;/h;;;(H3,1,2,3,4);;;/q3*+1;;3*-1. The van der Waals surface area contributed by atoms with Crippen LogP contribution in [-0.4, -0.2) is 14.7 Å². The van der Waals surface area contributed by atoms with Crippen molar-refractivity contribution in [3.05, 3.63) is 0 Å². The summed E-state index contributed by atoms with van der Waals surface area (Å²) in [6, 6.07) is 0. The minimum Gasteiger partial charge on any atom is -1.00 e. The first-order valence-corrected chi connectivity index (χ1v) is 2.35. The third-order valence-electron chi connectivity index (χ3n) is 0. The smallest absolute Gasteiger partial charge is 1.00 e. The van der Waals surface area contributed by atoms with Crippen LogP contribution in [0.2, 0.25) is 0 Å². The van der Waals surface area contributed by atoms with Crippen LogP contribution in [0.25, 0.3) is 0 Å². The van der Waals surface area contributed by atoms with Crippen LogP contribution in [0.4, 0.5) is 0 Å². The maximum absolute atomic E-state index is 8.88. The first-order chi connectivity index (χ1) is 2.00. The van der Waals surface area contributed by atoms with Crippen LogP contribution < -0.4 is 154 Å². The van der Waals surface area contributed by atoms with Gasteiger partial charge in [-0.2, -0.15) is 0 Å². The van der Waals surface area contributed by atoms with Gasteiger partial charge >= 0.3 is 162 Å². The van der Waals surface area contributed by atoms with Gasteiger partial charge in [0, 0.05) is 0 Å². The average Bonchev–Trinajstić information content (AvgIpc) is 0.722. The van der Waals surface area contributed by atoms with Crippen LogP contribution in [-0.2, 0) is 4.57 Å². The van der Waals surface area contributed by atoms with Crippen molar-refractivity contribution in [3.63, 3.8) is 0 Å². The number of rotatable bonds is 0. The maximum atomic E-state index is 8.88. The van der Waals surface area contributed by atoms with Crippen molar-refractivity contribution in [2.75, 3.05) is 0 Å². The Morgan fingerprint density at radius 2 is 1.00 bits per heavy atom. The van der Waals surface area contributed by atoms with E-state index in [1.807, 2.05) is 0 Å². The summed E-state index contributed by atoms with van der Waals surface area (Å²) in [5.74, 6) is 0. The fraction of sp³-hybridized carbons (Fsp3) is 0. The van der Waals surface area contributed by atoms with Gasteiger partial charge < -0.3 is 19.0 Å². The summed E-state index contributed by atoms with van der Waals surface area (Å²) >= 11 is 0. The van der Waals surface area contributed by atoms with Gasteiger partial charge in [-0.15, -0.1) is 0 Å². The molecule has 3 N–H and O–H groups in total. The van der Waals surface area contributed by atoms with Crippen molar-refractivity contribution in [1.29, 1.82) is 0 Å². The topological polar surface area (TPSA) is 77.8 Å². The Labute approximate surface area is 180 Å². The molecule has 38 valence electrons. The maximum Gasteiger partial charge on any atom is 1.00 e. The van der Waals surface area contributed by atoms with Gasteiger partial charge in [0.2, 0.25) is 0 Å². The van der Waals surface area contributed by atoms with E-state index in [-0.39, 0.29) is 158 Å². The van der Waals surface area contributed by atoms with E-state index >= 15 is 0 Å². The van der Waals surface area contributed by atoms with Crippen molar-refractivity contribution in [2.45, 2.75) is 0 Å². The number of phosphoric acid groups is 1. The van der Waals surface area contributed by atoms with Crippen molar-refractivity contribution < 1.29 is 178 Å². The Morgan fingerprint density at radius 3 is 1.00 bits per heavy atom. The largest absolute Gasteiger partial charge is 1.00 e. The summed E-state index contributed by atoms with van der Waals surface area (Å²) in [4.78, 5) is 21.6. The Balaban J connectivity index is -0.00000000533. The summed E-state index contributed by atoms with van der Waals surface area (Å²) < 4.78 is 8.88. The zero-order chi connectivity index (χ0) is 4.50. The molecule has 0 fully saturated rings. The quantitative estimate of drug-likeness (QED) is 0.279. The normalized spacial score (nSPS) is 7.38. The van der Waals surface area contributed by atoms with E-state index in [2.05, 4.69) is 0 Å². The molecule has 0 rings (SSSR count). The van der Waals surface area contributed by atoms with Gasteiger partial charge in [-0.05, 0) is 0 Å². The van der Waals surface area contributed by atoms with E-state index in [1.165, 1.54) is 0 Å². The van der Waals surface area contributed by atoms with Gasteiger partial charge in [0.25, 0.3) is 0 Å². The molecule has 8 heteroatoms. The van der Waals surface area contributed by atoms with Gasteiger partial charge in [-0.3, -0.25) is 0 Å². The molecule has 8 heavy (non-hydrogen) atoms. The van der Waals surface area contributed by atoms with Crippen LogP contribution >= 0.6 is 7.82 Å². The predicted molar refractivity (Wildman–Crippen MR) is 17.6 cm³/mol.